The maximum atomic E-state index is 12.8. The van der Waals surface area contributed by atoms with Crippen LogP contribution in [-0.4, -0.2) is 46.4 Å². The number of rotatable bonds is 2. The maximum Gasteiger partial charge on any atom is 0.242 e. The van der Waals surface area contributed by atoms with Crippen molar-refractivity contribution in [1.82, 2.24) is 15.0 Å². The zero-order valence-electron chi connectivity index (χ0n) is 15.4. The summed E-state index contributed by atoms with van der Waals surface area (Å²) in [4.78, 5) is 29.1. The summed E-state index contributed by atoms with van der Waals surface area (Å²) < 4.78 is 5.03. The molecule has 1 aromatic heterocycles. The highest BCUT2D eigenvalue weighted by atomic mass is 16.5. The topological polar surface area (TPSA) is 66.7 Å². The first-order chi connectivity index (χ1) is 12.3. The monoisotopic (exact) mass is 353 g/mol. The standard InChI is InChI=1S/C20H23N3O3/c1-13-8-14(21-26-13)9-18(24)22-10-17-15-6-4-5-7-16(15)20(2,3)12-23(17)19(25)11-22/h4-8,17H,9-12H2,1-3H3. The fraction of sp³-hybridized carbons (Fsp3) is 0.450. The van der Waals surface area contributed by atoms with E-state index in [1.54, 1.807) is 17.9 Å². The summed E-state index contributed by atoms with van der Waals surface area (Å²) >= 11 is 0. The summed E-state index contributed by atoms with van der Waals surface area (Å²) in [5, 5.41) is 3.89. The molecule has 26 heavy (non-hydrogen) atoms. The lowest BCUT2D eigenvalue weighted by Gasteiger charge is -2.49. The molecule has 0 radical (unpaired) electrons. The van der Waals surface area contributed by atoms with Crippen molar-refractivity contribution in [2.75, 3.05) is 19.6 Å². The molecule has 1 fully saturated rings. The van der Waals surface area contributed by atoms with Gasteiger partial charge in [0.2, 0.25) is 11.8 Å². The maximum absolute atomic E-state index is 12.8. The van der Waals surface area contributed by atoms with Crippen LogP contribution >= 0.6 is 0 Å². The molecule has 1 unspecified atom stereocenters. The largest absolute Gasteiger partial charge is 0.361 e. The highest BCUT2D eigenvalue weighted by Crippen LogP contribution is 2.41. The fourth-order valence-electron chi connectivity index (χ4n) is 4.14. The SMILES string of the molecule is Cc1cc(CC(=O)N2CC(=O)N3CC(C)(C)c4ccccc4C3C2)no1. The zero-order valence-corrected chi connectivity index (χ0v) is 15.4. The van der Waals surface area contributed by atoms with E-state index in [0.29, 0.717) is 24.5 Å². The second-order valence-corrected chi connectivity index (χ2v) is 7.89. The van der Waals surface area contributed by atoms with E-state index in [1.165, 1.54) is 5.56 Å². The highest BCUT2D eigenvalue weighted by molar-refractivity contribution is 5.87. The van der Waals surface area contributed by atoms with E-state index in [2.05, 4.69) is 31.1 Å². The van der Waals surface area contributed by atoms with E-state index in [-0.39, 0.29) is 36.2 Å². The van der Waals surface area contributed by atoms with Crippen molar-refractivity contribution < 1.29 is 14.1 Å². The van der Waals surface area contributed by atoms with E-state index in [9.17, 15) is 9.59 Å². The average molecular weight is 353 g/mol. The minimum atomic E-state index is -0.0901. The van der Waals surface area contributed by atoms with Gasteiger partial charge in [-0.2, -0.15) is 0 Å². The second kappa shape index (κ2) is 5.97. The van der Waals surface area contributed by atoms with Crippen LogP contribution in [0.15, 0.2) is 34.9 Å². The van der Waals surface area contributed by atoms with Gasteiger partial charge in [-0.25, -0.2) is 0 Å². The van der Waals surface area contributed by atoms with Crippen LogP contribution in [0.1, 0.15) is 42.5 Å². The van der Waals surface area contributed by atoms with Gasteiger partial charge in [-0.15, -0.1) is 0 Å². The molecule has 1 saturated heterocycles. The van der Waals surface area contributed by atoms with Crippen LogP contribution < -0.4 is 0 Å². The molecule has 2 aliphatic heterocycles. The first-order valence-corrected chi connectivity index (χ1v) is 8.94. The minimum Gasteiger partial charge on any atom is -0.361 e. The van der Waals surface area contributed by atoms with Gasteiger partial charge in [-0.05, 0) is 18.1 Å². The summed E-state index contributed by atoms with van der Waals surface area (Å²) in [6.07, 6.45) is 0.157. The Kier molecular flexibility index (Phi) is 3.86. The number of fused-ring (bicyclic) bond motifs is 3. The van der Waals surface area contributed by atoms with E-state index in [4.69, 9.17) is 4.52 Å². The number of hydrogen-bond acceptors (Lipinski definition) is 4. The summed E-state index contributed by atoms with van der Waals surface area (Å²) in [5.74, 6) is 0.597. The molecule has 0 N–H and O–H groups in total. The number of aromatic nitrogens is 1. The van der Waals surface area contributed by atoms with Gasteiger partial charge in [0.25, 0.3) is 0 Å². The Morgan fingerprint density at radius 1 is 1.35 bits per heavy atom. The fourth-order valence-corrected chi connectivity index (χ4v) is 4.14. The number of piperazine rings is 1. The van der Waals surface area contributed by atoms with Crippen molar-refractivity contribution in [2.45, 2.75) is 38.6 Å². The van der Waals surface area contributed by atoms with E-state index < -0.39 is 0 Å². The molecular formula is C20H23N3O3. The molecule has 0 saturated carbocycles. The normalized spacial score (nSPS) is 21.3. The number of carbonyl (C=O) groups is 2. The van der Waals surface area contributed by atoms with Crippen molar-refractivity contribution in [1.29, 1.82) is 0 Å². The lowest BCUT2D eigenvalue weighted by atomic mass is 9.75. The van der Waals surface area contributed by atoms with Gasteiger partial charge in [-0.3, -0.25) is 9.59 Å². The summed E-state index contributed by atoms with van der Waals surface area (Å²) in [5.41, 5.74) is 2.92. The zero-order chi connectivity index (χ0) is 18.5. The van der Waals surface area contributed by atoms with Crippen LogP contribution in [0.5, 0.6) is 0 Å². The number of nitrogens with zero attached hydrogens (tertiary/aromatic N) is 3. The van der Waals surface area contributed by atoms with Crippen molar-refractivity contribution in [3.8, 4) is 0 Å². The van der Waals surface area contributed by atoms with E-state index in [1.807, 2.05) is 17.0 Å². The molecule has 3 heterocycles. The van der Waals surface area contributed by atoms with Crippen LogP contribution in [-0.2, 0) is 21.4 Å². The van der Waals surface area contributed by atoms with Gasteiger partial charge >= 0.3 is 0 Å². The molecule has 1 atom stereocenters. The van der Waals surface area contributed by atoms with Gasteiger partial charge in [0.05, 0.1) is 24.7 Å². The molecule has 0 spiro atoms. The Morgan fingerprint density at radius 3 is 2.85 bits per heavy atom. The Hall–Kier alpha value is -2.63. The molecule has 6 nitrogen and oxygen atoms in total. The van der Waals surface area contributed by atoms with Crippen molar-refractivity contribution in [3.05, 3.63) is 52.9 Å². The van der Waals surface area contributed by atoms with Crippen LogP contribution in [0.2, 0.25) is 0 Å². The lowest BCUT2D eigenvalue weighted by Crippen LogP contribution is -2.58. The molecule has 2 aromatic rings. The third kappa shape index (κ3) is 2.79. The molecule has 4 rings (SSSR count). The Morgan fingerprint density at radius 2 is 2.12 bits per heavy atom. The summed E-state index contributed by atoms with van der Waals surface area (Å²) in [6, 6.07) is 9.93. The third-order valence-electron chi connectivity index (χ3n) is 5.39. The predicted molar refractivity (Wildman–Crippen MR) is 95.4 cm³/mol. The minimum absolute atomic E-state index is 0.00788. The lowest BCUT2D eigenvalue weighted by molar-refractivity contribution is -0.150. The van der Waals surface area contributed by atoms with Crippen molar-refractivity contribution >= 4 is 11.8 Å². The number of benzene rings is 1. The van der Waals surface area contributed by atoms with Gasteiger partial charge in [0.15, 0.2) is 0 Å². The molecule has 0 bridgehead atoms. The molecule has 6 heteroatoms. The Balaban J connectivity index is 1.60. The van der Waals surface area contributed by atoms with Crippen LogP contribution in [0, 0.1) is 6.92 Å². The molecule has 2 amide bonds. The van der Waals surface area contributed by atoms with Crippen LogP contribution in [0.3, 0.4) is 0 Å². The number of hydrogen-bond donors (Lipinski definition) is 0. The second-order valence-electron chi connectivity index (χ2n) is 7.89. The molecular weight excluding hydrogens is 330 g/mol. The van der Waals surface area contributed by atoms with Crippen LogP contribution in [0.25, 0.3) is 0 Å². The predicted octanol–water partition coefficient (Wildman–Crippen LogP) is 2.23. The van der Waals surface area contributed by atoms with Gasteiger partial charge in [-0.1, -0.05) is 43.3 Å². The van der Waals surface area contributed by atoms with Crippen LogP contribution in [0.4, 0.5) is 0 Å². The molecule has 136 valence electrons. The Labute approximate surface area is 152 Å². The molecule has 2 aliphatic rings. The smallest absolute Gasteiger partial charge is 0.242 e. The van der Waals surface area contributed by atoms with E-state index >= 15 is 0 Å². The first-order valence-electron chi connectivity index (χ1n) is 8.94. The quantitative estimate of drug-likeness (QED) is 0.830. The summed E-state index contributed by atoms with van der Waals surface area (Å²) in [7, 11) is 0. The number of carbonyl (C=O) groups excluding carboxylic acids is 2. The molecule has 0 aliphatic carbocycles. The van der Waals surface area contributed by atoms with Crippen molar-refractivity contribution in [2.24, 2.45) is 0 Å². The van der Waals surface area contributed by atoms with Gasteiger partial charge in [0, 0.05) is 24.6 Å². The van der Waals surface area contributed by atoms with Gasteiger partial charge < -0.3 is 14.3 Å². The molecule has 1 aromatic carbocycles. The first kappa shape index (κ1) is 16.8. The number of amides is 2. The third-order valence-corrected chi connectivity index (χ3v) is 5.39. The average Bonchev–Trinajstić information content (AvgIpc) is 3.00. The van der Waals surface area contributed by atoms with Gasteiger partial charge in [0.1, 0.15) is 5.76 Å². The van der Waals surface area contributed by atoms with Crippen molar-refractivity contribution in [3.63, 3.8) is 0 Å². The highest BCUT2D eigenvalue weighted by Gasteiger charge is 2.44. The summed E-state index contributed by atoms with van der Waals surface area (Å²) in [6.45, 7) is 7.46. The number of aryl methyl sites for hydroxylation is 1. The Bertz CT molecular complexity index is 871. The van der Waals surface area contributed by atoms with E-state index in [0.717, 1.165) is 5.56 Å².